The Morgan fingerprint density at radius 3 is 2.22 bits per heavy atom. The molecule has 0 saturated heterocycles. The van der Waals surface area contributed by atoms with Gasteiger partial charge in [0.15, 0.2) is 0 Å². The van der Waals surface area contributed by atoms with Crippen LogP contribution in [0.2, 0.25) is 0 Å². The number of rotatable bonds is 5. The lowest BCUT2D eigenvalue weighted by Gasteiger charge is -2.24. The van der Waals surface area contributed by atoms with Crippen LogP contribution >= 0.6 is 0 Å². The smallest absolute Gasteiger partial charge is 0.408 e. The van der Waals surface area contributed by atoms with E-state index in [2.05, 4.69) is 10.6 Å². The van der Waals surface area contributed by atoms with Gasteiger partial charge in [0.1, 0.15) is 17.9 Å². The molecule has 0 aliphatic rings. The normalized spacial score (nSPS) is 12.8. The molecule has 0 fully saturated rings. The van der Waals surface area contributed by atoms with E-state index in [1.54, 1.807) is 34.6 Å². The summed E-state index contributed by atoms with van der Waals surface area (Å²) in [6.45, 7) is 8.74. The molecule has 6 heteroatoms. The molecule has 0 saturated carbocycles. The van der Waals surface area contributed by atoms with Gasteiger partial charge in [-0.2, -0.15) is 0 Å². The van der Waals surface area contributed by atoms with Crippen molar-refractivity contribution < 1.29 is 19.1 Å². The Bertz CT molecular complexity index is 308. The highest BCUT2D eigenvalue weighted by Gasteiger charge is 2.26. The minimum absolute atomic E-state index is 0.0714. The van der Waals surface area contributed by atoms with Crippen LogP contribution in [0.25, 0.3) is 0 Å². The molecular formula is C12H22N2O4. The van der Waals surface area contributed by atoms with Gasteiger partial charge in [0.2, 0.25) is 5.91 Å². The van der Waals surface area contributed by atoms with Crippen LogP contribution in [0.3, 0.4) is 0 Å². The third-order valence-electron chi connectivity index (χ3n) is 1.98. The lowest BCUT2D eigenvalue weighted by atomic mass is 10.0. The fourth-order valence-electron chi connectivity index (χ4n) is 1.22. The summed E-state index contributed by atoms with van der Waals surface area (Å²) in [6.07, 6.45) is -0.0644. The van der Waals surface area contributed by atoms with Crippen LogP contribution in [-0.4, -0.2) is 36.5 Å². The molecule has 0 aliphatic heterocycles. The zero-order valence-corrected chi connectivity index (χ0v) is 11.6. The van der Waals surface area contributed by atoms with Gasteiger partial charge in [0.25, 0.3) is 0 Å². The maximum atomic E-state index is 11.7. The quantitative estimate of drug-likeness (QED) is 0.716. The van der Waals surface area contributed by atoms with Crippen LogP contribution in [-0.2, 0) is 14.3 Å². The van der Waals surface area contributed by atoms with Crippen molar-refractivity contribution in [2.75, 3.05) is 6.54 Å². The monoisotopic (exact) mass is 258 g/mol. The number of ether oxygens (including phenoxy) is 1. The van der Waals surface area contributed by atoms with Crippen LogP contribution in [0.5, 0.6) is 0 Å². The van der Waals surface area contributed by atoms with Gasteiger partial charge in [-0.15, -0.1) is 0 Å². The third kappa shape index (κ3) is 6.88. The van der Waals surface area contributed by atoms with E-state index in [4.69, 9.17) is 4.74 Å². The van der Waals surface area contributed by atoms with E-state index >= 15 is 0 Å². The van der Waals surface area contributed by atoms with Crippen LogP contribution in [0, 0.1) is 5.92 Å². The Kier molecular flexibility index (Phi) is 6.36. The Balaban J connectivity index is 4.49. The Labute approximate surface area is 107 Å². The summed E-state index contributed by atoms with van der Waals surface area (Å²) in [4.78, 5) is 33.5. The second-order valence-corrected chi connectivity index (χ2v) is 5.28. The van der Waals surface area contributed by atoms with Crippen molar-refractivity contribution in [3.63, 3.8) is 0 Å². The minimum atomic E-state index is -0.722. The van der Waals surface area contributed by atoms with Crippen LogP contribution in [0.1, 0.15) is 34.6 Å². The van der Waals surface area contributed by atoms with E-state index in [0.29, 0.717) is 6.29 Å². The highest BCUT2D eigenvalue weighted by atomic mass is 16.6. The molecule has 1 unspecified atom stereocenters. The second kappa shape index (κ2) is 6.98. The van der Waals surface area contributed by atoms with Crippen molar-refractivity contribution >= 4 is 18.3 Å². The first-order valence-electron chi connectivity index (χ1n) is 5.88. The molecule has 0 aliphatic carbocycles. The van der Waals surface area contributed by atoms with E-state index in [0.717, 1.165) is 0 Å². The molecule has 1 atom stereocenters. The molecule has 0 aromatic rings. The largest absolute Gasteiger partial charge is 0.444 e. The Morgan fingerprint density at radius 2 is 1.83 bits per heavy atom. The topological polar surface area (TPSA) is 84.5 Å². The van der Waals surface area contributed by atoms with Gasteiger partial charge in [0.05, 0.1) is 6.54 Å². The van der Waals surface area contributed by atoms with Gasteiger partial charge in [0, 0.05) is 0 Å². The van der Waals surface area contributed by atoms with Gasteiger partial charge >= 0.3 is 6.09 Å². The number of amides is 2. The van der Waals surface area contributed by atoms with Crippen LogP contribution < -0.4 is 10.6 Å². The molecule has 2 N–H and O–H groups in total. The Morgan fingerprint density at radius 1 is 1.28 bits per heavy atom. The third-order valence-corrected chi connectivity index (χ3v) is 1.98. The fraction of sp³-hybridized carbons (Fsp3) is 0.750. The van der Waals surface area contributed by atoms with Gasteiger partial charge in [-0.25, -0.2) is 4.79 Å². The SMILES string of the molecule is CC(C)C(NC(=O)OC(C)(C)C)C(=O)NCC=O. The van der Waals surface area contributed by atoms with Crippen molar-refractivity contribution in [1.82, 2.24) is 10.6 Å². The summed E-state index contributed by atoms with van der Waals surface area (Å²) < 4.78 is 5.07. The number of carbonyl (C=O) groups is 3. The number of nitrogens with one attached hydrogen (secondary N) is 2. The zero-order valence-electron chi connectivity index (χ0n) is 11.6. The van der Waals surface area contributed by atoms with Crippen molar-refractivity contribution in [1.29, 1.82) is 0 Å². The van der Waals surface area contributed by atoms with Crippen molar-refractivity contribution in [2.45, 2.75) is 46.3 Å². The van der Waals surface area contributed by atoms with E-state index in [-0.39, 0.29) is 12.5 Å². The minimum Gasteiger partial charge on any atom is -0.444 e. The lowest BCUT2D eigenvalue weighted by Crippen LogP contribution is -2.51. The fourth-order valence-corrected chi connectivity index (χ4v) is 1.22. The number of hydrogen-bond donors (Lipinski definition) is 2. The first-order valence-corrected chi connectivity index (χ1v) is 5.88. The summed E-state index contributed by atoms with van der Waals surface area (Å²) in [7, 11) is 0. The van der Waals surface area contributed by atoms with Crippen molar-refractivity contribution in [3.8, 4) is 0 Å². The molecule has 0 spiro atoms. The average molecular weight is 258 g/mol. The van der Waals surface area contributed by atoms with E-state index in [1.807, 2.05) is 0 Å². The Hall–Kier alpha value is -1.59. The first-order chi connectivity index (χ1) is 8.17. The van der Waals surface area contributed by atoms with E-state index < -0.39 is 23.6 Å². The summed E-state index contributed by atoms with van der Waals surface area (Å²) in [6, 6.07) is -0.722. The molecule has 18 heavy (non-hydrogen) atoms. The number of alkyl carbamates (subject to hydrolysis) is 1. The van der Waals surface area contributed by atoms with E-state index in [1.165, 1.54) is 0 Å². The summed E-state index contributed by atoms with van der Waals surface area (Å²) in [5.74, 6) is -0.507. The van der Waals surface area contributed by atoms with Crippen molar-refractivity contribution in [2.24, 2.45) is 5.92 Å². The molecule has 104 valence electrons. The molecule has 0 radical (unpaired) electrons. The molecule has 0 aromatic carbocycles. The average Bonchev–Trinajstić information content (AvgIpc) is 2.19. The number of carbonyl (C=O) groups excluding carboxylic acids is 3. The predicted octanol–water partition coefficient (Wildman–Crippen LogP) is 0.851. The van der Waals surface area contributed by atoms with Crippen LogP contribution in [0.15, 0.2) is 0 Å². The van der Waals surface area contributed by atoms with Gasteiger partial charge in [-0.1, -0.05) is 13.8 Å². The first kappa shape index (κ1) is 16.4. The highest BCUT2D eigenvalue weighted by molar-refractivity contribution is 5.87. The van der Waals surface area contributed by atoms with Gasteiger partial charge in [-0.05, 0) is 26.7 Å². The van der Waals surface area contributed by atoms with Gasteiger partial charge in [-0.3, -0.25) is 4.79 Å². The summed E-state index contributed by atoms with van der Waals surface area (Å²) >= 11 is 0. The molecular weight excluding hydrogens is 236 g/mol. The molecule has 0 aromatic heterocycles. The summed E-state index contributed by atoms with van der Waals surface area (Å²) in [5.41, 5.74) is -0.620. The van der Waals surface area contributed by atoms with Gasteiger partial charge < -0.3 is 20.2 Å². The van der Waals surface area contributed by atoms with Crippen LogP contribution in [0.4, 0.5) is 4.79 Å². The molecule has 0 bridgehead atoms. The predicted molar refractivity (Wildman–Crippen MR) is 67.1 cm³/mol. The molecule has 0 heterocycles. The maximum Gasteiger partial charge on any atom is 0.408 e. The van der Waals surface area contributed by atoms with E-state index in [9.17, 15) is 14.4 Å². The maximum absolute atomic E-state index is 11.7. The standard InChI is InChI=1S/C12H22N2O4/c1-8(2)9(10(16)13-6-7-15)14-11(17)18-12(3,4)5/h7-9H,6H2,1-5H3,(H,13,16)(H,14,17). The lowest BCUT2D eigenvalue weighted by molar-refractivity contribution is -0.125. The molecule has 0 rings (SSSR count). The molecule has 6 nitrogen and oxygen atoms in total. The summed E-state index contributed by atoms with van der Waals surface area (Å²) in [5, 5.41) is 4.90. The second-order valence-electron chi connectivity index (χ2n) is 5.28. The number of hydrogen-bond acceptors (Lipinski definition) is 4. The highest BCUT2D eigenvalue weighted by Crippen LogP contribution is 2.08. The number of aldehydes is 1. The van der Waals surface area contributed by atoms with Crippen molar-refractivity contribution in [3.05, 3.63) is 0 Å². The molecule has 2 amide bonds. The zero-order chi connectivity index (χ0) is 14.3.